The molecule has 2 amide bonds. The molecule has 1 N–H and O–H groups in total. The Morgan fingerprint density at radius 2 is 1.76 bits per heavy atom. The Kier molecular flexibility index (Phi) is 5.85. The van der Waals surface area contributed by atoms with Crippen LogP contribution < -0.4 is 10.1 Å². The van der Waals surface area contributed by atoms with Crippen LogP contribution >= 0.6 is 0 Å². The molecule has 3 heterocycles. The van der Waals surface area contributed by atoms with Crippen molar-refractivity contribution in [2.45, 2.75) is 25.5 Å². The van der Waals surface area contributed by atoms with Crippen molar-refractivity contribution in [2.75, 3.05) is 13.1 Å². The Morgan fingerprint density at radius 3 is 2.55 bits per heavy atom. The van der Waals surface area contributed by atoms with Gasteiger partial charge in [0, 0.05) is 19.1 Å². The standard InChI is InChI=1S/C26H24N2O5/c29-25(27-20-11-13-28(14-12-20)26(30)24-6-3-15-31-24)23-10-9-22(33-23)17-32-21-8-7-18-4-1-2-5-19(18)16-21/h1-10,15-16,20H,11-14,17H2,(H,27,29). The van der Waals surface area contributed by atoms with E-state index in [2.05, 4.69) is 11.4 Å². The SMILES string of the molecule is O=C(NC1CCN(C(=O)c2ccco2)CC1)c1ccc(COc2ccc3ccccc3c2)o1. The first-order valence-corrected chi connectivity index (χ1v) is 11.0. The second kappa shape index (κ2) is 9.24. The number of furan rings is 2. The molecular weight excluding hydrogens is 420 g/mol. The smallest absolute Gasteiger partial charge is 0.289 e. The van der Waals surface area contributed by atoms with E-state index in [-0.39, 0.29) is 30.2 Å². The van der Waals surface area contributed by atoms with E-state index in [0.717, 1.165) is 16.5 Å². The van der Waals surface area contributed by atoms with Crippen molar-refractivity contribution < 1.29 is 23.2 Å². The van der Waals surface area contributed by atoms with E-state index >= 15 is 0 Å². The van der Waals surface area contributed by atoms with Crippen molar-refractivity contribution >= 4 is 22.6 Å². The number of ether oxygens (including phenoxy) is 1. The molecule has 168 valence electrons. The summed E-state index contributed by atoms with van der Waals surface area (Å²) in [4.78, 5) is 26.7. The topological polar surface area (TPSA) is 84.9 Å². The minimum atomic E-state index is -0.261. The highest BCUT2D eigenvalue weighted by atomic mass is 16.5. The van der Waals surface area contributed by atoms with Crippen molar-refractivity contribution in [3.05, 3.63) is 90.3 Å². The lowest BCUT2D eigenvalue weighted by Crippen LogP contribution is -2.46. The molecular formula is C26H24N2O5. The van der Waals surface area contributed by atoms with Gasteiger partial charge in [0.1, 0.15) is 18.1 Å². The number of fused-ring (bicyclic) bond motifs is 1. The quantitative estimate of drug-likeness (QED) is 0.468. The minimum Gasteiger partial charge on any atom is -0.486 e. The Morgan fingerprint density at radius 1 is 0.939 bits per heavy atom. The van der Waals surface area contributed by atoms with Gasteiger partial charge in [-0.05, 0) is 60.0 Å². The van der Waals surface area contributed by atoms with Gasteiger partial charge in [0.05, 0.1) is 6.26 Å². The number of carbonyl (C=O) groups excluding carboxylic acids is 2. The number of carbonyl (C=O) groups is 2. The molecule has 5 rings (SSSR count). The Bertz CT molecular complexity index is 1250. The van der Waals surface area contributed by atoms with Gasteiger partial charge < -0.3 is 23.8 Å². The molecule has 33 heavy (non-hydrogen) atoms. The van der Waals surface area contributed by atoms with Crippen LogP contribution in [0.4, 0.5) is 0 Å². The van der Waals surface area contributed by atoms with Crippen LogP contribution in [-0.2, 0) is 6.61 Å². The summed E-state index contributed by atoms with van der Waals surface area (Å²) >= 11 is 0. The summed E-state index contributed by atoms with van der Waals surface area (Å²) < 4.78 is 16.7. The summed E-state index contributed by atoms with van der Waals surface area (Å²) in [6.07, 6.45) is 2.85. The van der Waals surface area contributed by atoms with E-state index in [1.54, 1.807) is 29.2 Å². The van der Waals surface area contributed by atoms with Crippen LogP contribution in [0.3, 0.4) is 0 Å². The van der Waals surface area contributed by atoms with Crippen LogP contribution in [0.5, 0.6) is 5.75 Å². The lowest BCUT2D eigenvalue weighted by atomic mass is 10.0. The zero-order valence-corrected chi connectivity index (χ0v) is 18.0. The Hall–Kier alpha value is -4.00. The molecule has 1 saturated heterocycles. The fourth-order valence-electron chi connectivity index (χ4n) is 4.03. The summed E-state index contributed by atoms with van der Waals surface area (Å²) in [5, 5.41) is 5.26. The maximum absolute atomic E-state index is 12.6. The number of benzene rings is 2. The molecule has 0 unspecified atom stereocenters. The third-order valence-corrected chi connectivity index (χ3v) is 5.84. The number of rotatable bonds is 6. The molecule has 0 radical (unpaired) electrons. The molecule has 7 heteroatoms. The van der Waals surface area contributed by atoms with E-state index in [0.29, 0.717) is 37.5 Å². The third-order valence-electron chi connectivity index (χ3n) is 5.84. The largest absolute Gasteiger partial charge is 0.486 e. The lowest BCUT2D eigenvalue weighted by molar-refractivity contribution is 0.0665. The molecule has 2 aromatic carbocycles. The van der Waals surface area contributed by atoms with Gasteiger partial charge in [-0.2, -0.15) is 0 Å². The summed E-state index contributed by atoms with van der Waals surface area (Å²) in [7, 11) is 0. The number of amides is 2. The number of likely N-dealkylation sites (tertiary alicyclic amines) is 1. The Balaban J connectivity index is 1.12. The van der Waals surface area contributed by atoms with Gasteiger partial charge in [0.2, 0.25) is 0 Å². The van der Waals surface area contributed by atoms with E-state index in [1.807, 2.05) is 36.4 Å². The van der Waals surface area contributed by atoms with Gasteiger partial charge >= 0.3 is 0 Å². The fraction of sp³-hybridized carbons (Fsp3) is 0.231. The zero-order valence-electron chi connectivity index (χ0n) is 18.0. The van der Waals surface area contributed by atoms with Crippen LogP contribution in [0.1, 0.15) is 39.7 Å². The maximum Gasteiger partial charge on any atom is 0.289 e. The molecule has 0 aliphatic carbocycles. The minimum absolute atomic E-state index is 0.0134. The van der Waals surface area contributed by atoms with Crippen LogP contribution in [0.25, 0.3) is 10.8 Å². The van der Waals surface area contributed by atoms with Gasteiger partial charge in [-0.15, -0.1) is 0 Å². The first-order chi connectivity index (χ1) is 16.2. The number of hydrogen-bond acceptors (Lipinski definition) is 5. The molecule has 1 aliphatic heterocycles. The monoisotopic (exact) mass is 444 g/mol. The first kappa shape index (κ1) is 20.9. The molecule has 2 aromatic heterocycles. The second-order valence-corrected chi connectivity index (χ2v) is 8.08. The zero-order chi connectivity index (χ0) is 22.6. The van der Waals surface area contributed by atoms with Crippen molar-refractivity contribution in [2.24, 2.45) is 0 Å². The lowest BCUT2D eigenvalue weighted by Gasteiger charge is -2.31. The van der Waals surface area contributed by atoms with Crippen LogP contribution in [0.15, 0.2) is 81.8 Å². The number of nitrogens with one attached hydrogen (secondary N) is 1. The highest BCUT2D eigenvalue weighted by molar-refractivity contribution is 5.92. The second-order valence-electron chi connectivity index (χ2n) is 8.08. The predicted octanol–water partition coefficient (Wildman–Crippen LogP) is 4.64. The number of piperidine rings is 1. The summed E-state index contributed by atoms with van der Waals surface area (Å²) in [5.41, 5.74) is 0. The van der Waals surface area contributed by atoms with E-state index < -0.39 is 0 Å². The van der Waals surface area contributed by atoms with Crippen LogP contribution in [0.2, 0.25) is 0 Å². The van der Waals surface area contributed by atoms with E-state index in [9.17, 15) is 9.59 Å². The van der Waals surface area contributed by atoms with Gasteiger partial charge in [-0.3, -0.25) is 9.59 Å². The number of hydrogen-bond donors (Lipinski definition) is 1. The van der Waals surface area contributed by atoms with Crippen molar-refractivity contribution in [3.63, 3.8) is 0 Å². The molecule has 0 saturated carbocycles. The maximum atomic E-state index is 12.6. The number of nitrogens with zero attached hydrogens (tertiary/aromatic N) is 1. The molecule has 4 aromatic rings. The van der Waals surface area contributed by atoms with E-state index in [4.69, 9.17) is 13.6 Å². The molecule has 0 spiro atoms. The van der Waals surface area contributed by atoms with Crippen LogP contribution in [0, 0.1) is 0 Å². The average Bonchev–Trinajstić information content (AvgIpc) is 3.55. The fourth-order valence-corrected chi connectivity index (χ4v) is 4.03. The molecule has 1 fully saturated rings. The highest BCUT2D eigenvalue weighted by Crippen LogP contribution is 2.22. The van der Waals surface area contributed by atoms with Crippen molar-refractivity contribution in [1.29, 1.82) is 0 Å². The van der Waals surface area contributed by atoms with Gasteiger partial charge in [-0.1, -0.05) is 30.3 Å². The molecule has 0 atom stereocenters. The molecule has 1 aliphatic rings. The van der Waals surface area contributed by atoms with E-state index in [1.165, 1.54) is 6.26 Å². The van der Waals surface area contributed by atoms with Crippen LogP contribution in [-0.4, -0.2) is 35.8 Å². The summed E-state index contributed by atoms with van der Waals surface area (Å²) in [5.74, 6) is 1.53. The first-order valence-electron chi connectivity index (χ1n) is 11.0. The Labute approximate surface area is 190 Å². The third kappa shape index (κ3) is 4.77. The highest BCUT2D eigenvalue weighted by Gasteiger charge is 2.26. The molecule has 0 bridgehead atoms. The van der Waals surface area contributed by atoms with Crippen molar-refractivity contribution in [3.8, 4) is 5.75 Å². The predicted molar refractivity (Wildman–Crippen MR) is 122 cm³/mol. The summed E-state index contributed by atoms with van der Waals surface area (Å²) in [6.45, 7) is 1.36. The summed E-state index contributed by atoms with van der Waals surface area (Å²) in [6, 6.07) is 20.7. The molecule has 7 nitrogen and oxygen atoms in total. The average molecular weight is 444 g/mol. The van der Waals surface area contributed by atoms with Crippen molar-refractivity contribution in [1.82, 2.24) is 10.2 Å². The van der Waals surface area contributed by atoms with Gasteiger partial charge in [0.15, 0.2) is 11.5 Å². The normalized spacial score (nSPS) is 14.4. The van der Waals surface area contributed by atoms with Gasteiger partial charge in [-0.25, -0.2) is 0 Å². The van der Waals surface area contributed by atoms with Gasteiger partial charge in [0.25, 0.3) is 11.8 Å².